The number of rotatable bonds is 6. The summed E-state index contributed by atoms with van der Waals surface area (Å²) in [5.41, 5.74) is 0.439. The number of hydrogen-bond acceptors (Lipinski definition) is 3. The van der Waals surface area contributed by atoms with Crippen LogP contribution in [-0.4, -0.2) is 23.3 Å². The van der Waals surface area contributed by atoms with Gasteiger partial charge in [0.05, 0.1) is 12.5 Å². The Hall–Kier alpha value is -2.25. The number of carbonyl (C=O) groups excluding carboxylic acids is 1. The van der Waals surface area contributed by atoms with Crippen LogP contribution in [0.1, 0.15) is 37.3 Å². The van der Waals surface area contributed by atoms with Crippen LogP contribution in [0.4, 0.5) is 13.2 Å². The molecule has 1 aromatic rings. The first-order chi connectivity index (χ1) is 12.7. The highest BCUT2D eigenvalue weighted by Crippen LogP contribution is 2.69. The fraction of sp³-hybridized carbons (Fsp3) is 0.579. The SMILES string of the molecule is O=C(O)CC(NC(=O)C1C2C3CCC(C3)C12)c1ccc(OC(F)(F)F)cc1. The van der Waals surface area contributed by atoms with Gasteiger partial charge in [-0.2, -0.15) is 0 Å². The second-order valence-electron chi connectivity index (χ2n) is 7.79. The summed E-state index contributed by atoms with van der Waals surface area (Å²) in [6, 6.07) is 4.17. The fourth-order valence-corrected chi connectivity index (χ4v) is 5.27. The number of alkyl halides is 3. The van der Waals surface area contributed by atoms with E-state index in [4.69, 9.17) is 5.11 Å². The van der Waals surface area contributed by atoms with Gasteiger partial charge in [-0.15, -0.1) is 13.2 Å². The molecule has 8 heteroatoms. The number of amides is 1. The van der Waals surface area contributed by atoms with Crippen molar-refractivity contribution in [3.63, 3.8) is 0 Å². The Morgan fingerprint density at radius 1 is 1.15 bits per heavy atom. The monoisotopic (exact) mass is 383 g/mol. The van der Waals surface area contributed by atoms with Crippen molar-refractivity contribution in [2.75, 3.05) is 0 Å². The Morgan fingerprint density at radius 2 is 1.74 bits per heavy atom. The highest BCUT2D eigenvalue weighted by Gasteiger charge is 2.67. The molecular weight excluding hydrogens is 363 g/mol. The molecule has 2 N–H and O–H groups in total. The van der Waals surface area contributed by atoms with Gasteiger partial charge in [0.2, 0.25) is 5.91 Å². The molecule has 3 fully saturated rings. The van der Waals surface area contributed by atoms with Crippen LogP contribution >= 0.6 is 0 Å². The van der Waals surface area contributed by atoms with E-state index < -0.39 is 18.4 Å². The Kier molecular flexibility index (Phi) is 4.31. The molecule has 0 radical (unpaired) electrons. The number of ether oxygens (including phenoxy) is 1. The van der Waals surface area contributed by atoms with Crippen LogP contribution in [0.25, 0.3) is 0 Å². The maximum absolute atomic E-state index is 12.7. The van der Waals surface area contributed by atoms with Crippen LogP contribution in [-0.2, 0) is 9.59 Å². The predicted octanol–water partition coefficient (Wildman–Crippen LogP) is 3.51. The molecule has 0 aromatic heterocycles. The molecule has 0 saturated heterocycles. The zero-order chi connectivity index (χ0) is 19.3. The van der Waals surface area contributed by atoms with Crippen molar-refractivity contribution >= 4 is 11.9 Å². The molecule has 0 spiro atoms. The van der Waals surface area contributed by atoms with E-state index in [1.54, 1.807) is 0 Å². The van der Waals surface area contributed by atoms with E-state index in [2.05, 4.69) is 10.1 Å². The number of aliphatic carboxylic acids is 1. The minimum Gasteiger partial charge on any atom is -0.481 e. The fourth-order valence-electron chi connectivity index (χ4n) is 5.27. The minimum atomic E-state index is -4.79. The van der Waals surface area contributed by atoms with Gasteiger partial charge in [-0.25, -0.2) is 0 Å². The van der Waals surface area contributed by atoms with Crippen molar-refractivity contribution in [1.82, 2.24) is 5.32 Å². The molecule has 146 valence electrons. The van der Waals surface area contributed by atoms with E-state index in [0.29, 0.717) is 29.2 Å². The van der Waals surface area contributed by atoms with Gasteiger partial charge in [-0.05, 0) is 60.6 Å². The molecule has 0 aliphatic heterocycles. The Bertz CT molecular complexity index is 732. The van der Waals surface area contributed by atoms with E-state index in [1.807, 2.05) is 0 Å². The number of hydrogen-bond donors (Lipinski definition) is 2. The van der Waals surface area contributed by atoms with Gasteiger partial charge in [-0.3, -0.25) is 9.59 Å². The first-order valence-electron chi connectivity index (χ1n) is 9.11. The Balaban J connectivity index is 1.44. The van der Waals surface area contributed by atoms with Crippen molar-refractivity contribution in [3.05, 3.63) is 29.8 Å². The third kappa shape index (κ3) is 3.61. The van der Waals surface area contributed by atoms with Gasteiger partial charge >= 0.3 is 12.3 Å². The average molecular weight is 383 g/mol. The zero-order valence-corrected chi connectivity index (χ0v) is 14.4. The van der Waals surface area contributed by atoms with Crippen LogP contribution in [0, 0.1) is 29.6 Å². The van der Waals surface area contributed by atoms with E-state index in [-0.39, 0.29) is 24.0 Å². The molecule has 27 heavy (non-hydrogen) atoms. The summed E-state index contributed by atoms with van der Waals surface area (Å²) in [6.07, 6.45) is -1.57. The van der Waals surface area contributed by atoms with E-state index >= 15 is 0 Å². The number of carboxylic acid groups (broad SMARTS) is 1. The van der Waals surface area contributed by atoms with Crippen molar-refractivity contribution < 1.29 is 32.6 Å². The summed E-state index contributed by atoms with van der Waals surface area (Å²) in [4.78, 5) is 23.9. The lowest BCUT2D eigenvalue weighted by Gasteiger charge is -2.19. The Morgan fingerprint density at radius 3 is 2.26 bits per heavy atom. The minimum absolute atomic E-state index is 0.0413. The van der Waals surface area contributed by atoms with Crippen LogP contribution in [0.3, 0.4) is 0 Å². The number of nitrogens with one attached hydrogen (secondary N) is 1. The maximum Gasteiger partial charge on any atom is 0.573 e. The lowest BCUT2D eigenvalue weighted by molar-refractivity contribution is -0.274. The second-order valence-corrected chi connectivity index (χ2v) is 7.79. The largest absolute Gasteiger partial charge is 0.573 e. The molecular formula is C19H20F3NO4. The highest BCUT2D eigenvalue weighted by atomic mass is 19.4. The normalized spacial score (nSPS) is 31.9. The topological polar surface area (TPSA) is 75.6 Å². The standard InChI is InChI=1S/C19H20F3NO4/c20-19(21,22)27-12-5-3-9(4-6-12)13(8-14(24)25)23-18(26)17-15-10-1-2-11(7-10)16(15)17/h3-6,10-11,13,15-17H,1-2,7-8H2,(H,23,26)(H,24,25). The molecule has 1 aromatic carbocycles. The number of fused-ring (bicyclic) bond motifs is 5. The van der Waals surface area contributed by atoms with E-state index in [9.17, 15) is 22.8 Å². The number of carbonyl (C=O) groups is 2. The molecule has 4 rings (SSSR count). The first-order valence-corrected chi connectivity index (χ1v) is 9.11. The molecule has 3 aliphatic carbocycles. The maximum atomic E-state index is 12.7. The summed E-state index contributed by atoms with van der Waals surface area (Å²) in [5, 5.41) is 12.0. The zero-order valence-electron chi connectivity index (χ0n) is 14.4. The van der Waals surface area contributed by atoms with E-state index in [1.165, 1.54) is 31.4 Å². The van der Waals surface area contributed by atoms with E-state index in [0.717, 1.165) is 12.1 Å². The summed E-state index contributed by atoms with van der Waals surface area (Å²) in [7, 11) is 0. The molecule has 5 nitrogen and oxygen atoms in total. The molecule has 2 bridgehead atoms. The van der Waals surface area contributed by atoms with Crippen LogP contribution < -0.4 is 10.1 Å². The van der Waals surface area contributed by atoms with Gasteiger partial charge in [0, 0.05) is 5.92 Å². The Labute approximate surface area is 153 Å². The van der Waals surface area contributed by atoms with Crippen molar-refractivity contribution in [2.24, 2.45) is 29.6 Å². The number of benzene rings is 1. The van der Waals surface area contributed by atoms with Gasteiger partial charge < -0.3 is 15.2 Å². The van der Waals surface area contributed by atoms with Gasteiger partial charge in [0.25, 0.3) is 0 Å². The molecule has 5 atom stereocenters. The summed E-state index contributed by atoms with van der Waals surface area (Å²) < 4.78 is 40.6. The molecule has 1 amide bonds. The van der Waals surface area contributed by atoms with Crippen molar-refractivity contribution in [3.8, 4) is 5.75 Å². The van der Waals surface area contributed by atoms with Crippen LogP contribution in [0.15, 0.2) is 24.3 Å². The predicted molar refractivity (Wildman–Crippen MR) is 87.6 cm³/mol. The lowest BCUT2D eigenvalue weighted by Crippen LogP contribution is -2.33. The van der Waals surface area contributed by atoms with Gasteiger partial charge in [0.1, 0.15) is 5.75 Å². The van der Waals surface area contributed by atoms with Crippen molar-refractivity contribution in [1.29, 1.82) is 0 Å². The quantitative estimate of drug-likeness (QED) is 0.788. The summed E-state index contributed by atoms with van der Waals surface area (Å²) in [6.45, 7) is 0. The summed E-state index contributed by atoms with van der Waals surface area (Å²) in [5.74, 6) is 0.435. The lowest BCUT2D eigenvalue weighted by atomic mass is 10.00. The molecule has 0 heterocycles. The third-order valence-corrected chi connectivity index (χ3v) is 6.25. The molecule has 3 aliphatic rings. The first kappa shape index (κ1) is 18.1. The average Bonchev–Trinajstić information content (AvgIpc) is 3.01. The molecule has 3 saturated carbocycles. The van der Waals surface area contributed by atoms with Gasteiger partial charge in [0.15, 0.2) is 0 Å². The van der Waals surface area contributed by atoms with Crippen LogP contribution in [0.2, 0.25) is 0 Å². The number of halogens is 3. The second kappa shape index (κ2) is 6.42. The van der Waals surface area contributed by atoms with Crippen molar-refractivity contribution in [2.45, 2.75) is 38.1 Å². The van der Waals surface area contributed by atoms with Crippen LogP contribution in [0.5, 0.6) is 5.75 Å². The molecule has 5 unspecified atom stereocenters. The number of carboxylic acids is 1. The smallest absolute Gasteiger partial charge is 0.481 e. The van der Waals surface area contributed by atoms with Gasteiger partial charge in [-0.1, -0.05) is 12.1 Å². The third-order valence-electron chi connectivity index (χ3n) is 6.25. The summed E-state index contributed by atoms with van der Waals surface area (Å²) >= 11 is 0. The highest BCUT2D eigenvalue weighted by molar-refractivity contribution is 5.83.